The lowest BCUT2D eigenvalue weighted by Gasteiger charge is -2.18. The topological polar surface area (TPSA) is 75.7 Å². The summed E-state index contributed by atoms with van der Waals surface area (Å²) >= 11 is 0. The van der Waals surface area contributed by atoms with Gasteiger partial charge < -0.3 is 14.1 Å². The summed E-state index contributed by atoms with van der Waals surface area (Å²) in [5.41, 5.74) is 3.87. The van der Waals surface area contributed by atoms with Crippen LogP contribution in [0.5, 0.6) is 0 Å². The number of fused-ring (bicyclic) bond motifs is 1. The predicted molar refractivity (Wildman–Crippen MR) is 91.5 cm³/mol. The minimum absolute atomic E-state index is 0.120. The normalized spacial score (nSPS) is 14.7. The largest absolute Gasteiger partial charge is 0.490 e. The molecule has 3 heterocycles. The average Bonchev–Trinajstić information content (AvgIpc) is 3.02. The molecule has 0 radical (unpaired) electrons. The molecule has 9 heteroatoms. The molecule has 6 nitrogen and oxygen atoms in total. The van der Waals surface area contributed by atoms with Gasteiger partial charge in [0.1, 0.15) is 0 Å². The second-order valence-corrected chi connectivity index (χ2v) is 6.10. The second kappa shape index (κ2) is 8.90. The Labute approximate surface area is 153 Å². The summed E-state index contributed by atoms with van der Waals surface area (Å²) < 4.78 is 38.8. The van der Waals surface area contributed by atoms with Crippen LogP contribution in [-0.2, 0) is 30.7 Å². The smallest absolute Gasteiger partial charge is 0.475 e. The monoisotopic (exact) mass is 386 g/mol. The Morgan fingerprint density at radius 2 is 1.89 bits per heavy atom. The van der Waals surface area contributed by atoms with Gasteiger partial charge in [-0.3, -0.25) is 9.69 Å². The van der Waals surface area contributed by atoms with Crippen LogP contribution in [0, 0.1) is 0 Å². The third-order valence-electron chi connectivity index (χ3n) is 4.30. The molecule has 0 aromatic carbocycles. The fourth-order valence-electron chi connectivity index (χ4n) is 2.99. The third kappa shape index (κ3) is 5.72. The van der Waals surface area contributed by atoms with Gasteiger partial charge >= 0.3 is 12.1 Å². The highest BCUT2D eigenvalue weighted by atomic mass is 19.4. The predicted octanol–water partition coefficient (Wildman–Crippen LogP) is 2.70. The number of hydrogen-bond acceptors (Lipinski definition) is 4. The number of furan rings is 1. The number of hydrogen-bond donors (Lipinski definition) is 1. The molecule has 2 aromatic rings. The van der Waals surface area contributed by atoms with E-state index < -0.39 is 12.1 Å². The van der Waals surface area contributed by atoms with Crippen molar-refractivity contribution in [3.8, 4) is 0 Å². The van der Waals surface area contributed by atoms with Crippen LogP contribution in [0.4, 0.5) is 13.2 Å². The van der Waals surface area contributed by atoms with E-state index in [1.54, 1.807) is 18.6 Å². The maximum atomic E-state index is 11.9. The van der Waals surface area contributed by atoms with Crippen molar-refractivity contribution in [3.63, 3.8) is 0 Å². The second-order valence-electron chi connectivity index (χ2n) is 6.10. The number of carbonyl (C=O) groups is 1. The fourth-order valence-corrected chi connectivity index (χ4v) is 2.99. The van der Waals surface area contributed by atoms with Crippen LogP contribution in [0.3, 0.4) is 0 Å². The maximum absolute atomic E-state index is 11.9. The maximum Gasteiger partial charge on any atom is 0.490 e. The number of rotatable bonds is 3. The lowest BCUT2D eigenvalue weighted by atomic mass is 10.1. The van der Waals surface area contributed by atoms with Crippen LogP contribution in [0.1, 0.15) is 23.7 Å². The molecule has 1 aliphatic rings. The molecule has 0 unspecified atom stereocenters. The first-order valence-corrected chi connectivity index (χ1v) is 8.47. The van der Waals surface area contributed by atoms with Crippen molar-refractivity contribution in [1.29, 1.82) is 0 Å². The number of aromatic nitrogens is 1. The average molecular weight is 386 g/mol. The van der Waals surface area contributed by atoms with Crippen molar-refractivity contribution >= 4 is 5.97 Å². The molecule has 0 amide bonds. The van der Waals surface area contributed by atoms with E-state index in [9.17, 15) is 18.0 Å². The van der Waals surface area contributed by atoms with E-state index in [0.29, 0.717) is 0 Å². The van der Waals surface area contributed by atoms with Gasteiger partial charge in [0.15, 0.2) is 0 Å². The highest BCUT2D eigenvalue weighted by molar-refractivity contribution is 5.73. The summed E-state index contributed by atoms with van der Waals surface area (Å²) in [5, 5.41) is 7.12. The van der Waals surface area contributed by atoms with E-state index >= 15 is 0 Å². The van der Waals surface area contributed by atoms with Gasteiger partial charge in [-0.05, 0) is 25.0 Å². The van der Waals surface area contributed by atoms with Crippen molar-refractivity contribution in [2.75, 3.05) is 13.1 Å². The first-order valence-electron chi connectivity index (χ1n) is 8.47. The van der Waals surface area contributed by atoms with Gasteiger partial charge in [0.25, 0.3) is 5.56 Å². The number of aliphatic carboxylic acids is 1. The van der Waals surface area contributed by atoms with Crippen LogP contribution in [0.2, 0.25) is 0 Å². The number of carboxylic acid groups (broad SMARTS) is 1. The Morgan fingerprint density at radius 3 is 2.44 bits per heavy atom. The molecule has 0 aliphatic carbocycles. The van der Waals surface area contributed by atoms with E-state index in [2.05, 4.69) is 4.90 Å². The molecular formula is C18H21F3N2O4. The number of pyridine rings is 1. The zero-order chi connectivity index (χ0) is 20.0. The summed E-state index contributed by atoms with van der Waals surface area (Å²) in [7, 11) is 0. The zero-order valence-corrected chi connectivity index (χ0v) is 14.8. The van der Waals surface area contributed by atoms with E-state index in [0.717, 1.165) is 39.0 Å². The number of carboxylic acids is 1. The van der Waals surface area contributed by atoms with E-state index in [1.807, 2.05) is 23.6 Å². The lowest BCUT2D eigenvalue weighted by molar-refractivity contribution is -0.192. The third-order valence-corrected chi connectivity index (χ3v) is 4.30. The molecule has 0 bridgehead atoms. The fraction of sp³-hybridized carbons (Fsp3) is 0.444. The Balaban J connectivity index is 0.000000321. The van der Waals surface area contributed by atoms with Crippen molar-refractivity contribution in [2.45, 2.75) is 39.0 Å². The van der Waals surface area contributed by atoms with Crippen molar-refractivity contribution in [2.24, 2.45) is 0 Å². The van der Waals surface area contributed by atoms with Crippen molar-refractivity contribution in [1.82, 2.24) is 9.47 Å². The minimum atomic E-state index is -5.08. The Kier molecular flexibility index (Phi) is 6.84. The standard InChI is InChI=1S/C16H20N2O2.C2HF3O2/c1-2-18-15-6-9-17(11-13-7-10-20-12-13)8-5-14(15)3-4-16(18)19;3-2(4,5)1(6)7/h3-4,7,10,12H,2,5-6,8-9,11H2,1H3;(H,6,7). The molecule has 0 spiro atoms. The summed E-state index contributed by atoms with van der Waals surface area (Å²) in [6.45, 7) is 5.72. The summed E-state index contributed by atoms with van der Waals surface area (Å²) in [6, 6.07) is 5.72. The van der Waals surface area contributed by atoms with Gasteiger partial charge in [0.2, 0.25) is 0 Å². The molecular weight excluding hydrogens is 365 g/mol. The Bertz CT molecular complexity index is 813. The molecule has 27 heavy (non-hydrogen) atoms. The first-order chi connectivity index (χ1) is 12.7. The van der Waals surface area contributed by atoms with Crippen LogP contribution in [0.25, 0.3) is 0 Å². The summed E-state index contributed by atoms with van der Waals surface area (Å²) in [4.78, 5) is 23.2. The quantitative estimate of drug-likeness (QED) is 0.878. The van der Waals surface area contributed by atoms with Gasteiger partial charge in [-0.15, -0.1) is 0 Å². The first kappa shape index (κ1) is 20.8. The highest BCUT2D eigenvalue weighted by Gasteiger charge is 2.38. The van der Waals surface area contributed by atoms with Crippen LogP contribution < -0.4 is 5.56 Å². The van der Waals surface area contributed by atoms with Crippen LogP contribution in [-0.4, -0.2) is 39.8 Å². The lowest BCUT2D eigenvalue weighted by Crippen LogP contribution is -2.26. The van der Waals surface area contributed by atoms with E-state index in [-0.39, 0.29) is 5.56 Å². The summed E-state index contributed by atoms with van der Waals surface area (Å²) in [6.07, 6.45) is 0.390. The van der Waals surface area contributed by atoms with Gasteiger partial charge in [0, 0.05) is 49.9 Å². The number of alkyl halides is 3. The Hall–Kier alpha value is -2.55. The zero-order valence-electron chi connectivity index (χ0n) is 14.8. The molecule has 0 fully saturated rings. The molecule has 0 saturated carbocycles. The molecule has 3 rings (SSSR count). The molecule has 1 aliphatic heterocycles. The summed E-state index contributed by atoms with van der Waals surface area (Å²) in [5.74, 6) is -2.76. The molecule has 1 N–H and O–H groups in total. The number of halogens is 3. The Morgan fingerprint density at radius 1 is 1.22 bits per heavy atom. The molecule has 2 aromatic heterocycles. The highest BCUT2D eigenvalue weighted by Crippen LogP contribution is 2.16. The van der Waals surface area contributed by atoms with Gasteiger partial charge in [-0.1, -0.05) is 6.07 Å². The molecule has 0 saturated heterocycles. The van der Waals surface area contributed by atoms with Crippen molar-refractivity contribution < 1.29 is 27.5 Å². The number of nitrogens with zero attached hydrogens (tertiary/aromatic N) is 2. The van der Waals surface area contributed by atoms with E-state index in [4.69, 9.17) is 14.3 Å². The van der Waals surface area contributed by atoms with Crippen molar-refractivity contribution in [3.05, 3.63) is 57.9 Å². The van der Waals surface area contributed by atoms with Crippen LogP contribution >= 0.6 is 0 Å². The van der Waals surface area contributed by atoms with Gasteiger partial charge in [-0.25, -0.2) is 4.79 Å². The van der Waals surface area contributed by atoms with Crippen LogP contribution in [0.15, 0.2) is 39.9 Å². The molecule has 0 atom stereocenters. The van der Waals surface area contributed by atoms with Gasteiger partial charge in [0.05, 0.1) is 12.5 Å². The molecule has 148 valence electrons. The minimum Gasteiger partial charge on any atom is -0.475 e. The van der Waals surface area contributed by atoms with Gasteiger partial charge in [-0.2, -0.15) is 13.2 Å². The SMILES string of the molecule is CCn1c2c(ccc1=O)CCN(Cc1ccoc1)CC2.O=C(O)C(F)(F)F. The van der Waals surface area contributed by atoms with E-state index in [1.165, 1.54) is 16.8 Å².